The number of carboxylic acid groups (broad SMARTS) is 1. The Balaban J connectivity index is 2.45. The van der Waals surface area contributed by atoms with E-state index in [9.17, 15) is 4.79 Å². The highest BCUT2D eigenvalue weighted by Crippen LogP contribution is 2.24. The van der Waals surface area contributed by atoms with Crippen molar-refractivity contribution in [2.75, 3.05) is 0 Å². The second-order valence-electron chi connectivity index (χ2n) is 3.91. The summed E-state index contributed by atoms with van der Waals surface area (Å²) in [7, 11) is 0. The van der Waals surface area contributed by atoms with Crippen LogP contribution in [0.1, 0.15) is 23.0 Å². The van der Waals surface area contributed by atoms with Gasteiger partial charge in [0.1, 0.15) is 0 Å². The lowest BCUT2D eigenvalue weighted by molar-refractivity contribution is 0.0691. The fourth-order valence-corrected chi connectivity index (χ4v) is 1.97. The number of aryl methyl sites for hydroxylation is 1. The Kier molecular flexibility index (Phi) is 3.63. The molecule has 0 aliphatic heterocycles. The number of halogens is 1. The molecule has 0 unspecified atom stereocenters. The molecule has 1 heterocycles. The van der Waals surface area contributed by atoms with Crippen LogP contribution in [-0.4, -0.2) is 16.1 Å². The molecular weight excluding hydrogens is 250 g/mol. The van der Waals surface area contributed by atoms with E-state index in [-0.39, 0.29) is 10.7 Å². The molecule has 0 amide bonds. The van der Waals surface area contributed by atoms with Gasteiger partial charge >= 0.3 is 5.97 Å². The zero-order valence-electron chi connectivity index (χ0n) is 9.85. The highest BCUT2D eigenvalue weighted by Gasteiger charge is 2.11. The lowest BCUT2D eigenvalue weighted by atomic mass is 10.0. The number of carbonyl (C=O) groups is 1. The number of hydrogen-bond acceptors (Lipinski definition) is 2. The van der Waals surface area contributed by atoms with Gasteiger partial charge in [0, 0.05) is 11.8 Å². The maximum absolute atomic E-state index is 10.8. The molecule has 0 aliphatic carbocycles. The molecule has 2 rings (SSSR count). The van der Waals surface area contributed by atoms with E-state index in [0.29, 0.717) is 0 Å². The van der Waals surface area contributed by atoms with E-state index in [4.69, 9.17) is 16.7 Å². The van der Waals surface area contributed by atoms with Gasteiger partial charge in [-0.15, -0.1) is 0 Å². The zero-order chi connectivity index (χ0) is 13.1. The molecule has 18 heavy (non-hydrogen) atoms. The van der Waals surface area contributed by atoms with Crippen LogP contribution in [0.3, 0.4) is 0 Å². The fraction of sp³-hybridized carbons (Fsp3) is 0.143. The minimum atomic E-state index is -1.12. The molecule has 0 saturated heterocycles. The lowest BCUT2D eigenvalue weighted by Crippen LogP contribution is -2.01. The molecule has 0 saturated carbocycles. The van der Waals surface area contributed by atoms with Gasteiger partial charge in [0.15, 0.2) is 5.69 Å². The van der Waals surface area contributed by atoms with Gasteiger partial charge in [-0.3, -0.25) is 0 Å². The Morgan fingerprint density at radius 3 is 2.72 bits per heavy atom. The summed E-state index contributed by atoms with van der Waals surface area (Å²) in [6.07, 6.45) is 2.48. The summed E-state index contributed by atoms with van der Waals surface area (Å²) in [6.45, 7) is 2.08. The van der Waals surface area contributed by atoms with Gasteiger partial charge < -0.3 is 5.11 Å². The van der Waals surface area contributed by atoms with Crippen LogP contribution >= 0.6 is 11.6 Å². The first kappa shape index (κ1) is 12.6. The molecule has 0 radical (unpaired) electrons. The van der Waals surface area contributed by atoms with Crippen LogP contribution in [0.2, 0.25) is 5.02 Å². The van der Waals surface area contributed by atoms with Crippen LogP contribution in [0.4, 0.5) is 0 Å². The van der Waals surface area contributed by atoms with Crippen molar-refractivity contribution >= 4 is 17.6 Å². The first-order chi connectivity index (χ1) is 8.61. The lowest BCUT2D eigenvalue weighted by Gasteiger charge is -2.05. The molecule has 92 valence electrons. The number of nitrogens with zero attached hydrogens (tertiary/aromatic N) is 1. The van der Waals surface area contributed by atoms with E-state index in [1.807, 2.05) is 24.3 Å². The third-order valence-electron chi connectivity index (χ3n) is 2.71. The molecule has 0 fully saturated rings. The standard InChI is InChI=1S/C14H12ClNO2/c1-2-9-4-3-5-10(6-9)11-7-12(15)13(14(17)18)16-8-11/h3-8H,2H2,1H3,(H,17,18). The Labute approximate surface area is 110 Å². The number of hydrogen-bond donors (Lipinski definition) is 1. The topological polar surface area (TPSA) is 50.2 Å². The van der Waals surface area contributed by atoms with Crippen molar-refractivity contribution in [2.45, 2.75) is 13.3 Å². The summed E-state index contributed by atoms with van der Waals surface area (Å²) in [5.74, 6) is -1.12. The van der Waals surface area contributed by atoms with Crippen LogP contribution < -0.4 is 0 Å². The Morgan fingerprint density at radius 2 is 2.11 bits per heavy atom. The molecule has 0 atom stereocenters. The van der Waals surface area contributed by atoms with Crippen molar-refractivity contribution in [1.82, 2.24) is 4.98 Å². The molecule has 1 aromatic carbocycles. The van der Waals surface area contributed by atoms with Crippen LogP contribution in [0, 0.1) is 0 Å². The molecule has 1 N–H and O–H groups in total. The molecular formula is C14H12ClNO2. The molecule has 0 spiro atoms. The minimum absolute atomic E-state index is 0.118. The van der Waals surface area contributed by atoms with Gasteiger partial charge in [-0.05, 0) is 23.6 Å². The largest absolute Gasteiger partial charge is 0.476 e. The van der Waals surface area contributed by atoms with Gasteiger partial charge in [-0.1, -0.05) is 42.8 Å². The third kappa shape index (κ3) is 2.51. The monoisotopic (exact) mass is 261 g/mol. The maximum Gasteiger partial charge on any atom is 0.356 e. The number of pyridine rings is 1. The first-order valence-corrected chi connectivity index (χ1v) is 5.97. The molecule has 0 bridgehead atoms. The zero-order valence-corrected chi connectivity index (χ0v) is 10.6. The SMILES string of the molecule is CCc1cccc(-c2cnc(C(=O)O)c(Cl)c2)c1. The number of aromatic carboxylic acids is 1. The van der Waals surface area contributed by atoms with Gasteiger partial charge in [0.05, 0.1) is 5.02 Å². The quantitative estimate of drug-likeness (QED) is 0.917. The molecule has 3 nitrogen and oxygen atoms in total. The normalized spacial score (nSPS) is 10.3. The second kappa shape index (κ2) is 5.19. The summed E-state index contributed by atoms with van der Waals surface area (Å²) in [6, 6.07) is 9.64. The Bertz CT molecular complexity index is 596. The van der Waals surface area contributed by atoms with Gasteiger partial charge in [0.25, 0.3) is 0 Å². The van der Waals surface area contributed by atoms with E-state index in [1.165, 1.54) is 11.8 Å². The van der Waals surface area contributed by atoms with Crippen molar-refractivity contribution in [1.29, 1.82) is 0 Å². The fourth-order valence-electron chi connectivity index (χ4n) is 1.72. The van der Waals surface area contributed by atoms with E-state index in [0.717, 1.165) is 17.5 Å². The van der Waals surface area contributed by atoms with Crippen LogP contribution in [0.25, 0.3) is 11.1 Å². The van der Waals surface area contributed by atoms with Gasteiger partial charge in [0.2, 0.25) is 0 Å². The maximum atomic E-state index is 10.8. The molecule has 1 aromatic heterocycles. The number of rotatable bonds is 3. The van der Waals surface area contributed by atoms with Crippen LogP contribution in [0.5, 0.6) is 0 Å². The van der Waals surface area contributed by atoms with E-state index >= 15 is 0 Å². The first-order valence-electron chi connectivity index (χ1n) is 5.60. The number of benzene rings is 1. The number of carboxylic acids is 1. The van der Waals surface area contributed by atoms with Gasteiger partial charge in [-0.2, -0.15) is 0 Å². The summed E-state index contributed by atoms with van der Waals surface area (Å²) >= 11 is 5.90. The van der Waals surface area contributed by atoms with Crippen molar-refractivity contribution in [2.24, 2.45) is 0 Å². The average Bonchev–Trinajstić information content (AvgIpc) is 2.38. The van der Waals surface area contributed by atoms with Crippen LogP contribution in [0.15, 0.2) is 36.5 Å². The molecule has 2 aromatic rings. The van der Waals surface area contributed by atoms with E-state index < -0.39 is 5.97 Å². The van der Waals surface area contributed by atoms with Crippen molar-refractivity contribution in [3.63, 3.8) is 0 Å². The van der Waals surface area contributed by atoms with Crippen LogP contribution in [-0.2, 0) is 6.42 Å². The third-order valence-corrected chi connectivity index (χ3v) is 3.00. The van der Waals surface area contributed by atoms with Crippen molar-refractivity contribution in [3.05, 3.63) is 52.8 Å². The predicted octanol–water partition coefficient (Wildman–Crippen LogP) is 3.66. The predicted molar refractivity (Wildman–Crippen MR) is 71.0 cm³/mol. The smallest absolute Gasteiger partial charge is 0.356 e. The highest BCUT2D eigenvalue weighted by atomic mass is 35.5. The molecule has 0 aliphatic rings. The average molecular weight is 262 g/mol. The Hall–Kier alpha value is -1.87. The molecule has 4 heteroatoms. The van der Waals surface area contributed by atoms with Gasteiger partial charge in [-0.25, -0.2) is 9.78 Å². The summed E-state index contributed by atoms with van der Waals surface area (Å²) in [5, 5.41) is 9.02. The highest BCUT2D eigenvalue weighted by molar-refractivity contribution is 6.33. The summed E-state index contributed by atoms with van der Waals surface area (Å²) in [5.41, 5.74) is 2.90. The van der Waals surface area contributed by atoms with E-state index in [2.05, 4.69) is 11.9 Å². The summed E-state index contributed by atoms with van der Waals surface area (Å²) in [4.78, 5) is 14.7. The minimum Gasteiger partial charge on any atom is -0.476 e. The Morgan fingerprint density at radius 1 is 1.33 bits per heavy atom. The van der Waals surface area contributed by atoms with Crippen molar-refractivity contribution < 1.29 is 9.90 Å². The number of aromatic nitrogens is 1. The van der Waals surface area contributed by atoms with E-state index in [1.54, 1.807) is 6.07 Å². The summed E-state index contributed by atoms with van der Waals surface area (Å²) < 4.78 is 0. The second-order valence-corrected chi connectivity index (χ2v) is 4.32. The van der Waals surface area contributed by atoms with Crippen molar-refractivity contribution in [3.8, 4) is 11.1 Å².